The highest BCUT2D eigenvalue weighted by atomic mass is 35.5. The van der Waals surface area contributed by atoms with Crippen LogP contribution in [0.25, 0.3) is 0 Å². The molecule has 51 heavy (non-hydrogen) atoms. The van der Waals surface area contributed by atoms with E-state index in [0.717, 1.165) is 25.7 Å². The fraction of sp³-hybridized carbons (Fsp3) is 0.538. The average Bonchev–Trinajstić information content (AvgIpc) is 3.65. The second-order valence-electron chi connectivity index (χ2n) is 12.9. The summed E-state index contributed by atoms with van der Waals surface area (Å²) in [5.41, 5.74) is 0.739. The van der Waals surface area contributed by atoms with Crippen molar-refractivity contribution in [2.24, 2.45) is 0 Å². The van der Waals surface area contributed by atoms with Gasteiger partial charge in [0.15, 0.2) is 23.9 Å². The molecule has 12 heteroatoms. The molecular formula is C39H52ClN3O8. The van der Waals surface area contributed by atoms with E-state index in [1.807, 2.05) is 0 Å². The van der Waals surface area contributed by atoms with Gasteiger partial charge in [0.2, 0.25) is 0 Å². The largest absolute Gasteiger partial charge is 0.494 e. The maximum atomic E-state index is 13.4. The lowest BCUT2D eigenvalue weighted by atomic mass is 10.1. The molecule has 1 aromatic heterocycles. The van der Waals surface area contributed by atoms with Crippen molar-refractivity contribution in [3.8, 4) is 17.5 Å². The van der Waals surface area contributed by atoms with Crippen LogP contribution in [-0.2, 0) is 14.2 Å². The molecule has 1 saturated heterocycles. The second kappa shape index (κ2) is 20.7. The lowest BCUT2D eigenvalue weighted by Gasteiger charge is -2.22. The molecule has 3 aromatic rings. The average molecular weight is 726 g/mol. The van der Waals surface area contributed by atoms with Crippen molar-refractivity contribution in [3.63, 3.8) is 0 Å². The molecule has 0 radical (unpaired) electrons. The summed E-state index contributed by atoms with van der Waals surface area (Å²) in [5, 5.41) is 7.86. The third-order valence-electron chi connectivity index (χ3n) is 8.97. The molecule has 11 nitrogen and oxygen atoms in total. The zero-order valence-electron chi connectivity index (χ0n) is 29.8. The first-order valence-corrected chi connectivity index (χ1v) is 18.3. The van der Waals surface area contributed by atoms with Crippen molar-refractivity contribution in [1.29, 1.82) is 5.41 Å². The number of carbonyl (C=O) groups is 2. The molecule has 0 unspecified atom stereocenters. The van der Waals surface area contributed by atoms with E-state index in [4.69, 9.17) is 33.8 Å². The minimum absolute atomic E-state index is 0. The Hall–Kier alpha value is -4.09. The lowest BCUT2D eigenvalue weighted by molar-refractivity contribution is -0.0574. The Kier molecular flexibility index (Phi) is 16.1. The van der Waals surface area contributed by atoms with Crippen LogP contribution in [0.15, 0.2) is 60.8 Å². The third kappa shape index (κ3) is 11.5. The number of aromatic nitrogens is 2. The first-order valence-electron chi connectivity index (χ1n) is 18.3. The summed E-state index contributed by atoms with van der Waals surface area (Å²) in [7, 11) is 0. The topological polar surface area (TPSA) is 131 Å². The van der Waals surface area contributed by atoms with Gasteiger partial charge in [0.25, 0.3) is 0 Å². The van der Waals surface area contributed by atoms with Crippen molar-refractivity contribution in [1.82, 2.24) is 9.55 Å². The Labute approximate surface area is 306 Å². The maximum absolute atomic E-state index is 13.4. The number of halogens is 1. The molecule has 0 aliphatic carbocycles. The zero-order chi connectivity index (χ0) is 35.1. The number of hydrogen-bond acceptors (Lipinski definition) is 10. The van der Waals surface area contributed by atoms with Gasteiger partial charge in [0.05, 0.1) is 24.3 Å². The van der Waals surface area contributed by atoms with Crippen LogP contribution < -0.4 is 19.7 Å². The van der Waals surface area contributed by atoms with Gasteiger partial charge in [0.1, 0.15) is 24.2 Å². The van der Waals surface area contributed by atoms with Gasteiger partial charge in [0, 0.05) is 6.20 Å². The standard InChI is InChI=1S/C39H51N3O8.ClH/c1-3-5-7-9-11-13-25-45-30-19-15-28(16-20-30)37(43)47-27-32-34(35-36(48-32)42-24-23-33(40)41-39(42)50-35)49-38(44)29-17-21-31(22-18-29)46-26-14-12-10-8-6-4-2;/h15-24,32,34-36,40H,3-14,25-27H2,1-2H3;1H/t32-,34-,35-,36-;/m1./s1. The van der Waals surface area contributed by atoms with Crippen molar-refractivity contribution >= 4 is 24.3 Å². The molecule has 0 spiro atoms. The van der Waals surface area contributed by atoms with E-state index < -0.39 is 36.5 Å². The number of hydrogen-bond donors (Lipinski definition) is 1. The summed E-state index contributed by atoms with van der Waals surface area (Å²) < 4.78 is 37.2. The Morgan fingerprint density at radius 1 is 0.745 bits per heavy atom. The SMILES string of the molecule is CCCCCCCCOc1ccc(C(=O)OC[C@H]2O[C@@H]3[C@H](Oc4nc(=N)ccn43)[C@@H]2OC(=O)c2ccc(OCCCCCCCC)cc2)cc1.Cl. The van der Waals surface area contributed by atoms with Gasteiger partial charge in [-0.25, -0.2) is 9.59 Å². The fourth-order valence-corrected chi connectivity index (χ4v) is 6.10. The number of nitrogens with zero attached hydrogens (tertiary/aromatic N) is 2. The molecule has 0 bridgehead atoms. The van der Waals surface area contributed by atoms with Gasteiger partial charge in [-0.05, 0) is 67.4 Å². The third-order valence-corrected chi connectivity index (χ3v) is 8.97. The zero-order valence-corrected chi connectivity index (χ0v) is 30.6. The molecule has 2 aliphatic heterocycles. The van der Waals surface area contributed by atoms with Gasteiger partial charge in [-0.15, -0.1) is 12.4 Å². The van der Waals surface area contributed by atoms with Crippen LogP contribution in [-0.4, -0.2) is 59.6 Å². The van der Waals surface area contributed by atoms with Gasteiger partial charge in [-0.3, -0.25) is 9.98 Å². The minimum atomic E-state index is -0.919. The molecule has 1 fully saturated rings. The smallest absolute Gasteiger partial charge is 0.338 e. The highest BCUT2D eigenvalue weighted by molar-refractivity contribution is 5.90. The second-order valence-corrected chi connectivity index (χ2v) is 12.9. The highest BCUT2D eigenvalue weighted by Gasteiger charge is 2.54. The Morgan fingerprint density at radius 2 is 1.27 bits per heavy atom. The number of unbranched alkanes of at least 4 members (excludes halogenated alkanes) is 10. The van der Waals surface area contributed by atoms with Crippen LogP contribution in [0.3, 0.4) is 0 Å². The monoisotopic (exact) mass is 725 g/mol. The molecule has 278 valence electrons. The summed E-state index contributed by atoms with van der Waals surface area (Å²) in [6.45, 7) is 5.50. The van der Waals surface area contributed by atoms with Gasteiger partial charge in [-0.2, -0.15) is 4.98 Å². The van der Waals surface area contributed by atoms with E-state index in [2.05, 4.69) is 18.8 Å². The first-order chi connectivity index (χ1) is 24.5. The summed E-state index contributed by atoms with van der Waals surface area (Å²) in [6.07, 6.45) is 12.7. The van der Waals surface area contributed by atoms with Crippen LogP contribution >= 0.6 is 12.4 Å². The van der Waals surface area contributed by atoms with Crippen LogP contribution in [0.2, 0.25) is 0 Å². The molecule has 3 heterocycles. The number of fused-ring (bicyclic) bond motifs is 3. The summed E-state index contributed by atoms with van der Waals surface area (Å²) in [4.78, 5) is 30.5. The quantitative estimate of drug-likeness (QED) is 0.0857. The van der Waals surface area contributed by atoms with E-state index >= 15 is 0 Å². The minimum Gasteiger partial charge on any atom is -0.494 e. The molecule has 0 saturated carbocycles. The van der Waals surface area contributed by atoms with Crippen LogP contribution in [0.1, 0.15) is 118 Å². The number of ether oxygens (including phenoxy) is 6. The molecule has 1 N–H and O–H groups in total. The van der Waals surface area contributed by atoms with E-state index in [1.54, 1.807) is 59.3 Å². The Bertz CT molecular complexity index is 1570. The van der Waals surface area contributed by atoms with E-state index in [9.17, 15) is 9.59 Å². The molecular weight excluding hydrogens is 674 g/mol. The number of benzene rings is 2. The van der Waals surface area contributed by atoms with Crippen molar-refractivity contribution in [2.75, 3.05) is 19.8 Å². The van der Waals surface area contributed by atoms with Crippen LogP contribution in [0.4, 0.5) is 0 Å². The molecule has 0 amide bonds. The van der Waals surface area contributed by atoms with Crippen molar-refractivity contribution in [2.45, 2.75) is 115 Å². The van der Waals surface area contributed by atoms with E-state index in [1.165, 1.54) is 57.4 Å². The van der Waals surface area contributed by atoms with E-state index in [0.29, 0.717) is 35.8 Å². The Balaban J connectivity index is 0.00000583. The molecule has 2 aromatic carbocycles. The van der Waals surface area contributed by atoms with Crippen LogP contribution in [0, 0.1) is 5.41 Å². The summed E-state index contributed by atoms with van der Waals surface area (Å²) >= 11 is 0. The van der Waals surface area contributed by atoms with Gasteiger partial charge < -0.3 is 28.4 Å². The molecule has 2 aliphatic rings. The summed E-state index contributed by atoms with van der Waals surface area (Å²) in [6, 6.07) is 15.4. The predicted octanol–water partition coefficient (Wildman–Crippen LogP) is 8.00. The number of rotatable bonds is 21. The van der Waals surface area contributed by atoms with Crippen molar-refractivity contribution < 1.29 is 38.0 Å². The van der Waals surface area contributed by atoms with E-state index in [-0.39, 0.29) is 30.5 Å². The number of nitrogens with one attached hydrogen (secondary N) is 1. The number of esters is 2. The lowest BCUT2D eigenvalue weighted by Crippen LogP contribution is -2.40. The molecule has 4 atom stereocenters. The van der Waals surface area contributed by atoms with Crippen LogP contribution in [0.5, 0.6) is 17.5 Å². The maximum Gasteiger partial charge on any atom is 0.338 e. The van der Waals surface area contributed by atoms with Gasteiger partial charge in [-0.1, -0.05) is 78.1 Å². The number of carbonyl (C=O) groups excluding carboxylic acids is 2. The normalized spacial score (nSPS) is 18.5. The van der Waals surface area contributed by atoms with Crippen molar-refractivity contribution in [3.05, 3.63) is 77.4 Å². The van der Waals surface area contributed by atoms with Gasteiger partial charge >= 0.3 is 17.9 Å². The Morgan fingerprint density at radius 3 is 1.84 bits per heavy atom. The fourth-order valence-electron chi connectivity index (χ4n) is 6.10. The molecule has 5 rings (SSSR count). The summed E-state index contributed by atoms with van der Waals surface area (Å²) in [5.74, 6) is 0.270. The first kappa shape index (κ1) is 39.7. The highest BCUT2D eigenvalue weighted by Crippen LogP contribution is 2.40. The predicted molar refractivity (Wildman–Crippen MR) is 194 cm³/mol.